The molecule has 0 unspecified atom stereocenters. The lowest BCUT2D eigenvalue weighted by molar-refractivity contribution is -0.118. The molecule has 9 heteroatoms. The second-order valence-electron chi connectivity index (χ2n) is 9.34. The number of aromatic nitrogens is 7. The highest BCUT2D eigenvalue weighted by Gasteiger charge is 2.17. The molecule has 0 aliphatic rings. The zero-order valence-corrected chi connectivity index (χ0v) is 20.6. The van der Waals surface area contributed by atoms with Gasteiger partial charge >= 0.3 is 0 Å². The summed E-state index contributed by atoms with van der Waals surface area (Å²) in [5.41, 5.74) is 8.48. The average Bonchev–Trinajstić information content (AvgIpc) is 3.52. The molecule has 5 heterocycles. The first-order chi connectivity index (χ1) is 18.0. The van der Waals surface area contributed by atoms with Gasteiger partial charge in [0, 0.05) is 41.2 Å². The van der Waals surface area contributed by atoms with Crippen LogP contribution in [0.25, 0.3) is 55.8 Å². The minimum Gasteiger partial charge on any atom is -0.335 e. The van der Waals surface area contributed by atoms with E-state index < -0.39 is 0 Å². The van der Waals surface area contributed by atoms with Crippen molar-refractivity contribution in [2.24, 2.45) is 5.92 Å². The number of hydrogen-bond acceptors (Lipinski definition) is 6. The molecule has 6 rings (SSSR count). The predicted octanol–water partition coefficient (Wildman–Crippen LogP) is 5.53. The van der Waals surface area contributed by atoms with E-state index in [1.54, 1.807) is 24.8 Å². The summed E-state index contributed by atoms with van der Waals surface area (Å²) in [6.45, 7) is 5.77. The molecule has 0 saturated carbocycles. The number of nitrogens with one attached hydrogen (secondary N) is 3. The molecule has 1 amide bonds. The molecule has 0 aliphatic carbocycles. The summed E-state index contributed by atoms with van der Waals surface area (Å²) < 4.78 is 0. The van der Waals surface area contributed by atoms with Gasteiger partial charge in [-0.2, -0.15) is 5.10 Å². The van der Waals surface area contributed by atoms with E-state index in [0.717, 1.165) is 44.4 Å². The smallest absolute Gasteiger partial charge is 0.226 e. The Hall–Kier alpha value is -4.92. The summed E-state index contributed by atoms with van der Waals surface area (Å²) in [4.78, 5) is 33.7. The Balaban J connectivity index is 1.41. The third-order valence-corrected chi connectivity index (χ3v) is 6.23. The molecule has 0 radical (unpaired) electrons. The number of anilines is 1. The van der Waals surface area contributed by atoms with Gasteiger partial charge in [-0.25, -0.2) is 9.97 Å². The van der Waals surface area contributed by atoms with Crippen LogP contribution in [0.5, 0.6) is 0 Å². The van der Waals surface area contributed by atoms with Gasteiger partial charge in [0.15, 0.2) is 11.5 Å². The van der Waals surface area contributed by atoms with E-state index in [0.29, 0.717) is 17.2 Å². The van der Waals surface area contributed by atoms with E-state index >= 15 is 0 Å². The Morgan fingerprint density at radius 3 is 2.62 bits per heavy atom. The van der Waals surface area contributed by atoms with Crippen molar-refractivity contribution < 1.29 is 4.79 Å². The van der Waals surface area contributed by atoms with Crippen molar-refractivity contribution in [2.45, 2.75) is 20.8 Å². The van der Waals surface area contributed by atoms with Gasteiger partial charge in [0.2, 0.25) is 5.91 Å². The number of hydrogen-bond donors (Lipinski definition) is 3. The number of carbonyl (C=O) groups is 1. The van der Waals surface area contributed by atoms with Gasteiger partial charge in [0.25, 0.3) is 0 Å². The van der Waals surface area contributed by atoms with E-state index in [1.165, 1.54) is 5.56 Å². The van der Waals surface area contributed by atoms with Crippen molar-refractivity contribution in [3.8, 4) is 33.8 Å². The van der Waals surface area contributed by atoms with Crippen molar-refractivity contribution >= 4 is 33.7 Å². The molecular weight excluding hydrogens is 464 g/mol. The van der Waals surface area contributed by atoms with Crippen LogP contribution in [0.3, 0.4) is 0 Å². The summed E-state index contributed by atoms with van der Waals surface area (Å²) in [5, 5.41) is 11.2. The van der Waals surface area contributed by atoms with Crippen molar-refractivity contribution in [1.82, 2.24) is 35.1 Å². The molecule has 182 valence electrons. The number of H-pyrrole nitrogens is 2. The normalized spacial score (nSPS) is 11.5. The zero-order chi connectivity index (χ0) is 25.5. The van der Waals surface area contributed by atoms with Crippen molar-refractivity contribution in [1.29, 1.82) is 0 Å². The number of carbonyl (C=O) groups excluding carboxylic acids is 1. The van der Waals surface area contributed by atoms with Crippen LogP contribution in [0, 0.1) is 12.8 Å². The maximum atomic E-state index is 12.1. The third kappa shape index (κ3) is 4.20. The molecule has 9 nitrogen and oxygen atoms in total. The first-order valence-electron chi connectivity index (χ1n) is 12.0. The fourth-order valence-corrected chi connectivity index (χ4v) is 4.27. The highest BCUT2D eigenvalue weighted by molar-refractivity contribution is 5.97. The fraction of sp³-hybridized carbons (Fsp3) is 0.143. The highest BCUT2D eigenvalue weighted by atomic mass is 16.1. The summed E-state index contributed by atoms with van der Waals surface area (Å²) in [6.07, 6.45) is 8.73. The molecular formula is C28H24N8O. The first-order valence-corrected chi connectivity index (χ1v) is 12.0. The Bertz CT molecular complexity index is 1780. The lowest BCUT2D eigenvalue weighted by Gasteiger charge is -2.09. The van der Waals surface area contributed by atoms with Gasteiger partial charge in [-0.3, -0.25) is 19.9 Å². The largest absolute Gasteiger partial charge is 0.335 e. The second kappa shape index (κ2) is 8.94. The average molecular weight is 489 g/mol. The van der Waals surface area contributed by atoms with Crippen molar-refractivity contribution in [3.63, 3.8) is 0 Å². The SMILES string of the molecule is Cc1cccc(-c2cncc3[nH]c(-c4[nH]nc5ncc(-c6cncc(NC(=O)C(C)C)c6)cc45)nc23)c1. The van der Waals surface area contributed by atoms with E-state index in [-0.39, 0.29) is 11.8 Å². The van der Waals surface area contributed by atoms with Crippen molar-refractivity contribution in [2.75, 3.05) is 5.32 Å². The third-order valence-electron chi connectivity index (χ3n) is 6.23. The van der Waals surface area contributed by atoms with Crippen LogP contribution in [0.2, 0.25) is 0 Å². The number of nitrogens with zero attached hydrogens (tertiary/aromatic N) is 5. The van der Waals surface area contributed by atoms with Crippen LogP contribution in [0.1, 0.15) is 19.4 Å². The second-order valence-corrected chi connectivity index (χ2v) is 9.34. The predicted molar refractivity (Wildman–Crippen MR) is 144 cm³/mol. The fourth-order valence-electron chi connectivity index (χ4n) is 4.27. The minimum atomic E-state index is -0.124. The highest BCUT2D eigenvalue weighted by Crippen LogP contribution is 2.32. The summed E-state index contributed by atoms with van der Waals surface area (Å²) in [5.74, 6) is 0.462. The van der Waals surface area contributed by atoms with Gasteiger partial charge in [-0.15, -0.1) is 0 Å². The number of aromatic amines is 2. The quantitative estimate of drug-likeness (QED) is 0.293. The minimum absolute atomic E-state index is 0.0611. The Morgan fingerprint density at radius 2 is 1.78 bits per heavy atom. The van der Waals surface area contributed by atoms with Gasteiger partial charge in [0.1, 0.15) is 5.69 Å². The molecule has 0 fully saturated rings. The number of fused-ring (bicyclic) bond motifs is 2. The summed E-state index contributed by atoms with van der Waals surface area (Å²) >= 11 is 0. The number of imidazole rings is 1. The maximum absolute atomic E-state index is 12.1. The molecule has 3 N–H and O–H groups in total. The van der Waals surface area contributed by atoms with Gasteiger partial charge < -0.3 is 10.3 Å². The van der Waals surface area contributed by atoms with Gasteiger partial charge in [-0.1, -0.05) is 43.7 Å². The zero-order valence-electron chi connectivity index (χ0n) is 20.6. The summed E-state index contributed by atoms with van der Waals surface area (Å²) in [6, 6.07) is 12.2. The number of amides is 1. The van der Waals surface area contributed by atoms with E-state index in [2.05, 4.69) is 60.6 Å². The molecule has 0 spiro atoms. The maximum Gasteiger partial charge on any atom is 0.226 e. The van der Waals surface area contributed by atoms with Crippen LogP contribution in [-0.2, 0) is 4.79 Å². The molecule has 6 aromatic rings. The number of benzene rings is 1. The Labute approximate surface area is 212 Å². The number of rotatable bonds is 5. The van der Waals surface area contributed by atoms with Crippen LogP contribution in [-0.4, -0.2) is 41.0 Å². The van der Waals surface area contributed by atoms with E-state index in [4.69, 9.17) is 4.98 Å². The van der Waals surface area contributed by atoms with E-state index in [9.17, 15) is 4.79 Å². The van der Waals surface area contributed by atoms with Crippen LogP contribution < -0.4 is 5.32 Å². The van der Waals surface area contributed by atoms with Crippen LogP contribution in [0.15, 0.2) is 67.4 Å². The number of pyridine rings is 3. The van der Waals surface area contributed by atoms with Crippen LogP contribution in [0.4, 0.5) is 5.69 Å². The Morgan fingerprint density at radius 1 is 0.946 bits per heavy atom. The molecule has 37 heavy (non-hydrogen) atoms. The molecule has 0 aliphatic heterocycles. The molecule has 1 aromatic carbocycles. The molecule has 5 aromatic heterocycles. The lowest BCUT2D eigenvalue weighted by Crippen LogP contribution is -2.17. The number of aryl methyl sites for hydroxylation is 1. The molecule has 0 atom stereocenters. The molecule has 0 saturated heterocycles. The van der Waals surface area contributed by atoms with Gasteiger partial charge in [0.05, 0.1) is 34.5 Å². The molecule has 0 bridgehead atoms. The van der Waals surface area contributed by atoms with Gasteiger partial charge in [-0.05, 0) is 24.6 Å². The van der Waals surface area contributed by atoms with E-state index in [1.807, 2.05) is 38.2 Å². The lowest BCUT2D eigenvalue weighted by atomic mass is 10.0. The summed E-state index contributed by atoms with van der Waals surface area (Å²) in [7, 11) is 0. The van der Waals surface area contributed by atoms with Crippen LogP contribution >= 0.6 is 0 Å². The van der Waals surface area contributed by atoms with Crippen molar-refractivity contribution in [3.05, 3.63) is 72.9 Å². The standard InChI is InChI=1S/C28H24N8O/c1-15(2)28(37)32-20-8-18(10-29-12-20)19-9-21-25(35-36-26(21)31-11-19)27-33-23-14-30-13-22(24(23)34-27)17-6-4-5-16(3)7-17/h4-15H,1-3H3,(H,32,37)(H,33,34)(H,31,35,36). The first kappa shape index (κ1) is 22.5. The monoisotopic (exact) mass is 488 g/mol. The topological polar surface area (TPSA) is 125 Å². The Kier molecular flexibility index (Phi) is 5.45.